The molecule has 1 N–H and O–H groups in total. The van der Waals surface area contributed by atoms with E-state index in [1.165, 1.54) is 0 Å². The second kappa shape index (κ2) is 5.86. The smallest absolute Gasteiger partial charge is 0.214 e. The topological polar surface area (TPSA) is 58.6 Å². The van der Waals surface area contributed by atoms with Crippen LogP contribution in [0.3, 0.4) is 0 Å². The standard InChI is InChI=1S/C12H24N2O3S/c1-10-12(5-8-17-10)14(2)18(15,16)9-11-3-6-13-7-4-11/h10-13H,3-9H2,1-2H3. The Balaban J connectivity index is 1.96. The number of likely N-dealkylation sites (N-methyl/N-ethyl adjacent to an activating group) is 1. The molecule has 0 saturated carbocycles. The van der Waals surface area contributed by atoms with E-state index in [0.717, 1.165) is 32.4 Å². The second-order valence-electron chi connectivity index (χ2n) is 5.42. The number of piperidine rings is 1. The zero-order valence-electron chi connectivity index (χ0n) is 11.3. The van der Waals surface area contributed by atoms with Gasteiger partial charge in [0.1, 0.15) is 0 Å². The zero-order valence-corrected chi connectivity index (χ0v) is 12.1. The van der Waals surface area contributed by atoms with Gasteiger partial charge in [0.05, 0.1) is 17.9 Å². The lowest BCUT2D eigenvalue weighted by Gasteiger charge is -2.29. The molecular weight excluding hydrogens is 252 g/mol. The van der Waals surface area contributed by atoms with Crippen molar-refractivity contribution in [1.82, 2.24) is 9.62 Å². The number of hydrogen-bond acceptors (Lipinski definition) is 4. The summed E-state index contributed by atoms with van der Waals surface area (Å²) >= 11 is 0. The third-order valence-corrected chi connectivity index (χ3v) is 6.19. The molecule has 2 aliphatic heterocycles. The molecule has 2 unspecified atom stereocenters. The predicted molar refractivity (Wildman–Crippen MR) is 71.0 cm³/mol. The Bertz CT molecular complexity index is 366. The third-order valence-electron chi connectivity index (χ3n) is 4.15. The molecule has 106 valence electrons. The SMILES string of the molecule is CC1OCCC1N(C)S(=O)(=O)CC1CCNCC1. The molecular formula is C12H24N2O3S. The number of sulfonamides is 1. The summed E-state index contributed by atoms with van der Waals surface area (Å²) in [5.74, 6) is 0.588. The van der Waals surface area contributed by atoms with E-state index in [4.69, 9.17) is 4.74 Å². The van der Waals surface area contributed by atoms with Crippen molar-refractivity contribution in [3.63, 3.8) is 0 Å². The monoisotopic (exact) mass is 276 g/mol. The molecule has 0 bridgehead atoms. The minimum absolute atomic E-state index is 0.0108. The van der Waals surface area contributed by atoms with Crippen molar-refractivity contribution in [2.24, 2.45) is 5.92 Å². The summed E-state index contributed by atoms with van der Waals surface area (Å²) in [6, 6.07) is 0.0108. The second-order valence-corrected chi connectivity index (χ2v) is 7.49. The fraction of sp³-hybridized carbons (Fsp3) is 1.00. The summed E-state index contributed by atoms with van der Waals surface area (Å²) in [7, 11) is -1.45. The summed E-state index contributed by atoms with van der Waals surface area (Å²) in [5, 5.41) is 3.26. The van der Waals surface area contributed by atoms with Crippen LogP contribution in [0.25, 0.3) is 0 Å². The molecule has 18 heavy (non-hydrogen) atoms. The highest BCUT2D eigenvalue weighted by molar-refractivity contribution is 7.89. The summed E-state index contributed by atoms with van der Waals surface area (Å²) in [6.45, 7) is 4.49. The van der Waals surface area contributed by atoms with Crippen LogP contribution in [0.4, 0.5) is 0 Å². The van der Waals surface area contributed by atoms with Crippen LogP contribution in [0.1, 0.15) is 26.2 Å². The Labute approximate surface area is 110 Å². The molecule has 0 amide bonds. The van der Waals surface area contributed by atoms with Crippen LogP contribution in [0.2, 0.25) is 0 Å². The molecule has 0 aromatic heterocycles. The molecule has 0 spiro atoms. The highest BCUT2D eigenvalue weighted by Gasteiger charge is 2.35. The first-order valence-corrected chi connectivity index (χ1v) is 8.39. The zero-order chi connectivity index (χ0) is 13.2. The molecule has 5 nitrogen and oxygen atoms in total. The van der Waals surface area contributed by atoms with Gasteiger partial charge in [-0.15, -0.1) is 0 Å². The Morgan fingerprint density at radius 2 is 1.94 bits per heavy atom. The Hall–Kier alpha value is -0.170. The fourth-order valence-corrected chi connectivity index (χ4v) is 4.72. The first-order valence-electron chi connectivity index (χ1n) is 6.79. The number of nitrogens with zero attached hydrogens (tertiary/aromatic N) is 1. The van der Waals surface area contributed by atoms with Gasteiger partial charge < -0.3 is 10.1 Å². The molecule has 2 fully saturated rings. The lowest BCUT2D eigenvalue weighted by atomic mass is 10.0. The van der Waals surface area contributed by atoms with Gasteiger partial charge in [0.25, 0.3) is 0 Å². The van der Waals surface area contributed by atoms with Crippen LogP contribution in [0.15, 0.2) is 0 Å². The van der Waals surface area contributed by atoms with Crippen LogP contribution >= 0.6 is 0 Å². The molecule has 0 aliphatic carbocycles. The van der Waals surface area contributed by atoms with Crippen LogP contribution in [0.5, 0.6) is 0 Å². The average Bonchev–Trinajstić information content (AvgIpc) is 2.75. The lowest BCUT2D eigenvalue weighted by Crippen LogP contribution is -2.44. The minimum atomic E-state index is -3.15. The number of hydrogen-bond donors (Lipinski definition) is 1. The summed E-state index contributed by atoms with van der Waals surface area (Å²) in [4.78, 5) is 0. The normalized spacial score (nSPS) is 31.1. The molecule has 0 aromatic carbocycles. The van der Waals surface area contributed by atoms with E-state index in [2.05, 4.69) is 5.32 Å². The van der Waals surface area contributed by atoms with Gasteiger partial charge in [0, 0.05) is 13.7 Å². The Kier molecular flexibility index (Phi) is 4.64. The predicted octanol–water partition coefficient (Wildman–Crippen LogP) is 0.425. The van der Waals surface area contributed by atoms with Crippen LogP contribution in [-0.4, -0.2) is 57.4 Å². The van der Waals surface area contributed by atoms with Crippen LogP contribution in [-0.2, 0) is 14.8 Å². The van der Waals surface area contributed by atoms with Crippen molar-refractivity contribution >= 4 is 10.0 Å². The summed E-state index contributed by atoms with van der Waals surface area (Å²) in [6.07, 6.45) is 2.74. The third kappa shape index (κ3) is 3.23. The molecule has 2 rings (SSSR count). The van der Waals surface area contributed by atoms with Gasteiger partial charge in [-0.1, -0.05) is 0 Å². The fourth-order valence-electron chi connectivity index (χ4n) is 2.87. The van der Waals surface area contributed by atoms with E-state index in [1.54, 1.807) is 11.4 Å². The van der Waals surface area contributed by atoms with Gasteiger partial charge >= 0.3 is 0 Å². The number of nitrogens with one attached hydrogen (secondary N) is 1. The van der Waals surface area contributed by atoms with E-state index in [-0.39, 0.29) is 17.9 Å². The van der Waals surface area contributed by atoms with Crippen LogP contribution < -0.4 is 5.32 Å². The maximum atomic E-state index is 12.4. The van der Waals surface area contributed by atoms with Gasteiger partial charge in [-0.3, -0.25) is 0 Å². The lowest BCUT2D eigenvalue weighted by molar-refractivity contribution is 0.102. The molecule has 2 atom stereocenters. The van der Waals surface area contributed by atoms with Gasteiger partial charge in [-0.25, -0.2) is 8.42 Å². The molecule has 0 radical (unpaired) electrons. The Morgan fingerprint density at radius 3 is 2.50 bits per heavy atom. The van der Waals surface area contributed by atoms with Gasteiger partial charge in [-0.05, 0) is 45.2 Å². The van der Waals surface area contributed by atoms with Crippen molar-refractivity contribution in [2.45, 2.75) is 38.3 Å². The van der Waals surface area contributed by atoms with Gasteiger partial charge in [-0.2, -0.15) is 4.31 Å². The van der Waals surface area contributed by atoms with Gasteiger partial charge in [0.15, 0.2) is 0 Å². The summed E-state index contributed by atoms with van der Waals surface area (Å²) in [5.41, 5.74) is 0. The first-order chi connectivity index (χ1) is 8.50. The van der Waals surface area contributed by atoms with Crippen molar-refractivity contribution < 1.29 is 13.2 Å². The quantitative estimate of drug-likeness (QED) is 0.809. The molecule has 2 heterocycles. The molecule has 2 aliphatic rings. The average molecular weight is 276 g/mol. The van der Waals surface area contributed by atoms with Crippen molar-refractivity contribution in [3.8, 4) is 0 Å². The largest absolute Gasteiger partial charge is 0.377 e. The van der Waals surface area contributed by atoms with Crippen LogP contribution in [0, 0.1) is 5.92 Å². The van der Waals surface area contributed by atoms with E-state index in [1.807, 2.05) is 6.92 Å². The Morgan fingerprint density at radius 1 is 1.28 bits per heavy atom. The molecule has 0 aromatic rings. The van der Waals surface area contributed by atoms with Crippen molar-refractivity contribution in [3.05, 3.63) is 0 Å². The first kappa shape index (κ1) is 14.2. The van der Waals surface area contributed by atoms with Crippen molar-refractivity contribution in [1.29, 1.82) is 0 Å². The highest BCUT2D eigenvalue weighted by atomic mass is 32.2. The number of rotatable bonds is 4. The van der Waals surface area contributed by atoms with Gasteiger partial charge in [0.2, 0.25) is 10.0 Å². The van der Waals surface area contributed by atoms with E-state index in [0.29, 0.717) is 12.5 Å². The molecule has 2 saturated heterocycles. The highest BCUT2D eigenvalue weighted by Crippen LogP contribution is 2.23. The molecule has 6 heteroatoms. The maximum Gasteiger partial charge on any atom is 0.214 e. The maximum absolute atomic E-state index is 12.4. The van der Waals surface area contributed by atoms with E-state index >= 15 is 0 Å². The van der Waals surface area contributed by atoms with E-state index < -0.39 is 10.0 Å². The van der Waals surface area contributed by atoms with Crippen molar-refractivity contribution in [2.75, 3.05) is 32.5 Å². The summed E-state index contributed by atoms with van der Waals surface area (Å²) < 4.78 is 31.8. The number of ether oxygens (including phenoxy) is 1. The van der Waals surface area contributed by atoms with E-state index in [9.17, 15) is 8.42 Å². The minimum Gasteiger partial charge on any atom is -0.377 e.